The molecule has 0 saturated carbocycles. The number of aromatic nitrogens is 3. The molecule has 29 heavy (non-hydrogen) atoms. The van der Waals surface area contributed by atoms with Crippen LogP contribution >= 0.6 is 0 Å². The number of imidazole rings is 1. The Hall–Kier alpha value is -3.99. The highest BCUT2D eigenvalue weighted by Gasteiger charge is 2.15. The number of benzene rings is 2. The van der Waals surface area contributed by atoms with E-state index in [1.807, 2.05) is 12.1 Å². The van der Waals surface area contributed by atoms with Gasteiger partial charge in [0.1, 0.15) is 23.2 Å². The smallest absolute Gasteiger partial charge is 0.161 e. The summed E-state index contributed by atoms with van der Waals surface area (Å²) in [5.41, 5.74) is 1.77. The van der Waals surface area contributed by atoms with Crippen LogP contribution in [-0.4, -0.2) is 21.6 Å². The molecular formula is C21H15F2N5O. The second-order valence-corrected chi connectivity index (χ2v) is 6.31. The van der Waals surface area contributed by atoms with E-state index in [0.717, 1.165) is 17.8 Å². The van der Waals surface area contributed by atoms with Crippen LogP contribution < -0.4 is 10.1 Å². The van der Waals surface area contributed by atoms with Crippen molar-refractivity contribution in [2.45, 2.75) is 6.92 Å². The van der Waals surface area contributed by atoms with Crippen LogP contribution in [-0.2, 0) is 0 Å². The predicted molar refractivity (Wildman–Crippen MR) is 105 cm³/mol. The van der Waals surface area contributed by atoms with Gasteiger partial charge < -0.3 is 10.1 Å². The molecule has 0 aliphatic heterocycles. The lowest BCUT2D eigenvalue weighted by atomic mass is 10.2. The number of nitriles is 1. The Labute approximate surface area is 165 Å². The molecule has 0 aliphatic carbocycles. The summed E-state index contributed by atoms with van der Waals surface area (Å²) in [4.78, 5) is 8.82. The van der Waals surface area contributed by atoms with Crippen LogP contribution in [0.2, 0.25) is 0 Å². The maximum absolute atomic E-state index is 13.8. The van der Waals surface area contributed by atoms with E-state index in [2.05, 4.69) is 21.4 Å². The second-order valence-electron chi connectivity index (χ2n) is 6.31. The SMILES string of the molecule is COc1ccc(Nc2cc(C#N)cc(-n3c(C)nc4cc(F)c(F)cc43)n2)cc1. The minimum atomic E-state index is -0.980. The van der Waals surface area contributed by atoms with Crippen molar-refractivity contribution in [2.24, 2.45) is 0 Å². The molecule has 0 radical (unpaired) electrons. The fourth-order valence-electron chi connectivity index (χ4n) is 3.06. The van der Waals surface area contributed by atoms with Gasteiger partial charge in [-0.2, -0.15) is 5.26 Å². The Morgan fingerprint density at radius 2 is 1.76 bits per heavy atom. The van der Waals surface area contributed by atoms with Gasteiger partial charge in [0, 0.05) is 17.8 Å². The topological polar surface area (TPSA) is 75.8 Å². The fourth-order valence-corrected chi connectivity index (χ4v) is 3.06. The first-order valence-electron chi connectivity index (χ1n) is 8.66. The first-order valence-corrected chi connectivity index (χ1v) is 8.66. The van der Waals surface area contributed by atoms with Gasteiger partial charge in [0.05, 0.1) is 29.8 Å². The number of anilines is 2. The molecule has 2 heterocycles. The molecule has 6 nitrogen and oxygen atoms in total. The van der Waals surface area contributed by atoms with E-state index in [-0.39, 0.29) is 0 Å². The number of hydrogen-bond donors (Lipinski definition) is 1. The third-order valence-electron chi connectivity index (χ3n) is 4.40. The molecule has 0 spiro atoms. The maximum Gasteiger partial charge on any atom is 0.161 e. The number of nitrogens with zero attached hydrogens (tertiary/aromatic N) is 4. The molecule has 1 N–H and O–H groups in total. The Morgan fingerprint density at radius 1 is 1.03 bits per heavy atom. The van der Waals surface area contributed by atoms with Crippen molar-refractivity contribution >= 4 is 22.5 Å². The summed E-state index contributed by atoms with van der Waals surface area (Å²) in [6.07, 6.45) is 0. The van der Waals surface area contributed by atoms with Crippen LogP contribution in [0.5, 0.6) is 5.75 Å². The van der Waals surface area contributed by atoms with Crippen molar-refractivity contribution in [3.05, 3.63) is 71.6 Å². The van der Waals surface area contributed by atoms with E-state index < -0.39 is 11.6 Å². The van der Waals surface area contributed by atoms with Gasteiger partial charge in [0.2, 0.25) is 0 Å². The Morgan fingerprint density at radius 3 is 2.45 bits per heavy atom. The summed E-state index contributed by atoms with van der Waals surface area (Å²) < 4.78 is 34.1. The molecular weight excluding hydrogens is 376 g/mol. The van der Waals surface area contributed by atoms with Gasteiger partial charge in [-0.15, -0.1) is 0 Å². The predicted octanol–water partition coefficient (Wildman–Crippen LogP) is 4.63. The molecule has 0 amide bonds. The van der Waals surface area contributed by atoms with E-state index in [9.17, 15) is 14.0 Å². The number of nitrogens with one attached hydrogen (secondary N) is 1. The summed E-state index contributed by atoms with van der Waals surface area (Å²) in [5, 5.41) is 12.6. The van der Waals surface area contributed by atoms with E-state index in [0.29, 0.717) is 39.8 Å². The Bertz CT molecular complexity index is 1260. The van der Waals surface area contributed by atoms with Crippen molar-refractivity contribution in [2.75, 3.05) is 12.4 Å². The summed E-state index contributed by atoms with van der Waals surface area (Å²) in [6.45, 7) is 1.70. The van der Waals surface area contributed by atoms with Gasteiger partial charge in [-0.1, -0.05) is 0 Å². The molecule has 0 atom stereocenters. The first-order chi connectivity index (χ1) is 14.0. The monoisotopic (exact) mass is 391 g/mol. The molecule has 0 aliphatic rings. The molecule has 2 aromatic heterocycles. The molecule has 4 aromatic rings. The number of methoxy groups -OCH3 is 1. The van der Waals surface area contributed by atoms with Gasteiger partial charge in [0.15, 0.2) is 11.6 Å². The zero-order chi connectivity index (χ0) is 20.5. The van der Waals surface area contributed by atoms with Gasteiger partial charge in [-0.25, -0.2) is 18.7 Å². The van der Waals surface area contributed by atoms with Crippen LogP contribution in [0.3, 0.4) is 0 Å². The van der Waals surface area contributed by atoms with Gasteiger partial charge in [-0.05, 0) is 43.3 Å². The quantitative estimate of drug-likeness (QED) is 0.549. The molecule has 0 unspecified atom stereocenters. The van der Waals surface area contributed by atoms with Gasteiger partial charge in [-0.3, -0.25) is 4.57 Å². The summed E-state index contributed by atoms with van der Waals surface area (Å²) in [5.74, 6) is 0.0428. The Balaban J connectivity index is 1.81. The molecule has 0 bridgehead atoms. The van der Waals surface area contributed by atoms with Crippen molar-refractivity contribution in [3.63, 3.8) is 0 Å². The second kappa shape index (κ2) is 7.20. The van der Waals surface area contributed by atoms with Crippen LogP contribution in [0.1, 0.15) is 11.4 Å². The molecule has 8 heteroatoms. The number of hydrogen-bond acceptors (Lipinski definition) is 5. The lowest BCUT2D eigenvalue weighted by molar-refractivity contribution is 0.415. The minimum Gasteiger partial charge on any atom is -0.497 e. The summed E-state index contributed by atoms with van der Waals surface area (Å²) in [7, 11) is 1.58. The van der Waals surface area contributed by atoms with Crippen LogP contribution in [0.25, 0.3) is 16.9 Å². The third-order valence-corrected chi connectivity index (χ3v) is 4.40. The zero-order valence-electron chi connectivity index (χ0n) is 15.6. The minimum absolute atomic E-state index is 0.301. The molecule has 144 valence electrons. The average molecular weight is 391 g/mol. The van der Waals surface area contributed by atoms with Crippen LogP contribution in [0.4, 0.5) is 20.3 Å². The molecule has 0 fully saturated rings. The number of aryl methyl sites for hydroxylation is 1. The number of ether oxygens (including phenoxy) is 1. The van der Waals surface area contributed by atoms with E-state index in [1.54, 1.807) is 42.9 Å². The number of halogens is 2. The van der Waals surface area contributed by atoms with Crippen molar-refractivity contribution in [1.29, 1.82) is 5.26 Å². The normalized spacial score (nSPS) is 10.7. The summed E-state index contributed by atoms with van der Waals surface area (Å²) in [6, 6.07) is 14.6. The van der Waals surface area contributed by atoms with Crippen molar-refractivity contribution in [1.82, 2.24) is 14.5 Å². The molecule has 2 aromatic carbocycles. The molecule has 0 saturated heterocycles. The zero-order valence-corrected chi connectivity index (χ0v) is 15.6. The largest absolute Gasteiger partial charge is 0.497 e. The van der Waals surface area contributed by atoms with Crippen LogP contribution in [0.15, 0.2) is 48.5 Å². The van der Waals surface area contributed by atoms with Gasteiger partial charge in [0.25, 0.3) is 0 Å². The number of pyridine rings is 1. The number of rotatable bonds is 4. The maximum atomic E-state index is 13.8. The summed E-state index contributed by atoms with van der Waals surface area (Å²) >= 11 is 0. The fraction of sp³-hybridized carbons (Fsp3) is 0.0952. The van der Waals surface area contributed by atoms with E-state index in [1.165, 1.54) is 0 Å². The lowest BCUT2D eigenvalue weighted by Crippen LogP contribution is -2.04. The average Bonchev–Trinajstić information content (AvgIpc) is 3.03. The van der Waals surface area contributed by atoms with Crippen molar-refractivity contribution < 1.29 is 13.5 Å². The van der Waals surface area contributed by atoms with Crippen molar-refractivity contribution in [3.8, 4) is 17.6 Å². The standard InChI is InChI=1S/C21H15F2N5O/c1-12-25-18-9-16(22)17(23)10-19(18)28(12)21-8-13(11-24)7-20(27-21)26-14-3-5-15(29-2)6-4-14/h3-10H,1-2H3,(H,26,27). The van der Waals surface area contributed by atoms with Crippen LogP contribution in [0, 0.1) is 29.9 Å². The third kappa shape index (κ3) is 3.46. The highest BCUT2D eigenvalue weighted by molar-refractivity contribution is 5.78. The first kappa shape index (κ1) is 18.4. The highest BCUT2D eigenvalue weighted by Crippen LogP contribution is 2.26. The Kier molecular flexibility index (Phi) is 4.56. The lowest BCUT2D eigenvalue weighted by Gasteiger charge is -2.11. The highest BCUT2D eigenvalue weighted by atomic mass is 19.2. The van der Waals surface area contributed by atoms with E-state index >= 15 is 0 Å². The number of fused-ring (bicyclic) bond motifs is 1. The van der Waals surface area contributed by atoms with E-state index in [4.69, 9.17) is 4.74 Å². The van der Waals surface area contributed by atoms with Gasteiger partial charge >= 0.3 is 0 Å². The molecule has 4 rings (SSSR count).